The number of anilines is 1. The van der Waals surface area contributed by atoms with Crippen LogP contribution in [0.25, 0.3) is 0 Å². The lowest BCUT2D eigenvalue weighted by molar-refractivity contribution is -0.136. The van der Waals surface area contributed by atoms with Gasteiger partial charge in [0.05, 0.1) is 12.8 Å². The molecule has 3 aromatic carbocycles. The Morgan fingerprint density at radius 1 is 0.879 bits per heavy atom. The van der Waals surface area contributed by atoms with Gasteiger partial charge in [0.1, 0.15) is 6.61 Å². The smallest absolute Gasteiger partial charge is 0.329 e. The van der Waals surface area contributed by atoms with E-state index in [-0.39, 0.29) is 0 Å². The molecule has 0 radical (unpaired) electrons. The highest BCUT2D eigenvalue weighted by Crippen LogP contribution is 2.29. The summed E-state index contributed by atoms with van der Waals surface area (Å²) in [6.07, 6.45) is 2.18. The van der Waals surface area contributed by atoms with Crippen molar-refractivity contribution in [1.82, 2.24) is 5.43 Å². The van der Waals surface area contributed by atoms with Gasteiger partial charge in [-0.05, 0) is 54.3 Å². The highest BCUT2D eigenvalue weighted by molar-refractivity contribution is 6.39. The van der Waals surface area contributed by atoms with Crippen molar-refractivity contribution in [3.05, 3.63) is 89.5 Å². The topological polar surface area (TPSA) is 89.0 Å². The van der Waals surface area contributed by atoms with Crippen LogP contribution in [0.5, 0.6) is 11.5 Å². The van der Waals surface area contributed by atoms with Gasteiger partial charge in [0.15, 0.2) is 11.5 Å². The van der Waals surface area contributed by atoms with E-state index in [1.54, 1.807) is 30.3 Å². The van der Waals surface area contributed by atoms with E-state index in [9.17, 15) is 9.59 Å². The molecule has 0 saturated carbocycles. The molecular weight excluding hydrogens is 418 g/mol. The van der Waals surface area contributed by atoms with Crippen molar-refractivity contribution in [3.8, 4) is 11.5 Å². The average molecular weight is 446 g/mol. The van der Waals surface area contributed by atoms with Crippen molar-refractivity contribution in [2.75, 3.05) is 11.9 Å². The molecule has 0 aliphatic heterocycles. The second-order valence-corrected chi connectivity index (χ2v) is 7.08. The van der Waals surface area contributed by atoms with Gasteiger partial charge in [0, 0.05) is 5.69 Å². The molecule has 2 N–H and O–H groups in total. The number of hydrogen-bond acceptors (Lipinski definition) is 5. The van der Waals surface area contributed by atoms with Crippen LogP contribution in [0.3, 0.4) is 0 Å². The van der Waals surface area contributed by atoms with Crippen LogP contribution in [0, 0.1) is 0 Å². The van der Waals surface area contributed by atoms with Crippen molar-refractivity contribution >= 4 is 23.7 Å². The third kappa shape index (κ3) is 6.93. The fraction of sp³-hybridized carbons (Fsp3) is 0.192. The van der Waals surface area contributed by atoms with Gasteiger partial charge in [0.25, 0.3) is 0 Å². The maximum Gasteiger partial charge on any atom is 0.329 e. The number of carbonyl (C=O) groups is 2. The van der Waals surface area contributed by atoms with Crippen LogP contribution in [-0.4, -0.2) is 24.6 Å². The molecule has 2 amide bonds. The second kappa shape index (κ2) is 12.0. The lowest BCUT2D eigenvalue weighted by Gasteiger charge is -2.12. The molecule has 0 fully saturated rings. The van der Waals surface area contributed by atoms with Crippen LogP contribution in [-0.2, 0) is 22.6 Å². The number of carbonyl (C=O) groups excluding carboxylic acids is 2. The molecule has 0 atom stereocenters. The van der Waals surface area contributed by atoms with Crippen LogP contribution in [0.2, 0.25) is 0 Å². The molecule has 0 bridgehead atoms. The Hall–Kier alpha value is -4.13. The standard InChI is InChI=1S/C26H27N3O4/c1-3-21-12-8-9-13-22(21)28-25(30)26(31)29-27-17-20-14-15-23(24(16-20)32-4-2)33-18-19-10-6-5-7-11-19/h5-17H,3-4,18H2,1-2H3,(H,28,30)(H,29,31)/b27-17-. The number of nitrogens with one attached hydrogen (secondary N) is 2. The summed E-state index contributed by atoms with van der Waals surface area (Å²) in [6, 6.07) is 22.5. The molecule has 33 heavy (non-hydrogen) atoms. The SMILES string of the molecule is CCOc1cc(/C=N\NC(=O)C(=O)Nc2ccccc2CC)ccc1OCc1ccccc1. The van der Waals surface area contributed by atoms with E-state index in [0.29, 0.717) is 36.0 Å². The minimum Gasteiger partial charge on any atom is -0.490 e. The number of rotatable bonds is 9. The lowest BCUT2D eigenvalue weighted by Crippen LogP contribution is -2.32. The molecule has 3 rings (SSSR count). The lowest BCUT2D eigenvalue weighted by atomic mass is 10.1. The second-order valence-electron chi connectivity index (χ2n) is 7.08. The third-order valence-electron chi connectivity index (χ3n) is 4.74. The zero-order valence-corrected chi connectivity index (χ0v) is 18.7. The Bertz CT molecular complexity index is 1110. The maximum absolute atomic E-state index is 12.2. The van der Waals surface area contributed by atoms with Gasteiger partial charge in [-0.2, -0.15) is 5.10 Å². The molecule has 0 heterocycles. The summed E-state index contributed by atoms with van der Waals surface area (Å²) in [6.45, 7) is 4.75. The summed E-state index contributed by atoms with van der Waals surface area (Å²) in [4.78, 5) is 24.3. The summed E-state index contributed by atoms with van der Waals surface area (Å²) in [5, 5.41) is 6.50. The molecule has 7 nitrogen and oxygen atoms in total. The normalized spacial score (nSPS) is 10.6. The van der Waals surface area contributed by atoms with E-state index in [1.165, 1.54) is 6.21 Å². The first kappa shape index (κ1) is 23.5. The zero-order chi connectivity index (χ0) is 23.5. The van der Waals surface area contributed by atoms with E-state index >= 15 is 0 Å². The van der Waals surface area contributed by atoms with Crippen LogP contribution in [0.15, 0.2) is 77.9 Å². The molecule has 3 aromatic rings. The summed E-state index contributed by atoms with van der Waals surface area (Å²) in [5.41, 5.74) is 5.53. The van der Waals surface area contributed by atoms with Crippen molar-refractivity contribution in [2.45, 2.75) is 26.9 Å². The highest BCUT2D eigenvalue weighted by Gasteiger charge is 2.14. The minimum atomic E-state index is -0.856. The van der Waals surface area contributed by atoms with Gasteiger partial charge in [-0.25, -0.2) is 5.43 Å². The number of amides is 2. The molecule has 0 spiro atoms. The average Bonchev–Trinajstić information content (AvgIpc) is 2.84. The number of para-hydroxylation sites is 1. The molecule has 0 saturated heterocycles. The fourth-order valence-electron chi connectivity index (χ4n) is 3.07. The number of benzene rings is 3. The molecule has 0 aliphatic carbocycles. The van der Waals surface area contributed by atoms with E-state index < -0.39 is 11.8 Å². The van der Waals surface area contributed by atoms with Gasteiger partial charge in [0.2, 0.25) is 0 Å². The number of hydrazone groups is 1. The Kier molecular flexibility index (Phi) is 8.59. The Morgan fingerprint density at radius 3 is 2.39 bits per heavy atom. The fourth-order valence-corrected chi connectivity index (χ4v) is 3.07. The van der Waals surface area contributed by atoms with Crippen LogP contribution < -0.4 is 20.2 Å². The zero-order valence-electron chi connectivity index (χ0n) is 18.7. The maximum atomic E-state index is 12.2. The summed E-state index contributed by atoms with van der Waals surface area (Å²) >= 11 is 0. The molecule has 7 heteroatoms. The third-order valence-corrected chi connectivity index (χ3v) is 4.74. The monoisotopic (exact) mass is 445 g/mol. The van der Waals surface area contributed by atoms with Crippen molar-refractivity contribution in [1.29, 1.82) is 0 Å². The molecule has 0 unspecified atom stereocenters. The van der Waals surface area contributed by atoms with Crippen LogP contribution in [0.4, 0.5) is 5.69 Å². The Morgan fingerprint density at radius 2 is 1.64 bits per heavy atom. The first-order valence-corrected chi connectivity index (χ1v) is 10.8. The van der Waals surface area contributed by atoms with E-state index in [2.05, 4.69) is 15.8 Å². The van der Waals surface area contributed by atoms with E-state index in [4.69, 9.17) is 9.47 Å². The van der Waals surface area contributed by atoms with Gasteiger partial charge < -0.3 is 14.8 Å². The summed E-state index contributed by atoms with van der Waals surface area (Å²) < 4.78 is 11.6. The molecule has 170 valence electrons. The van der Waals surface area contributed by atoms with Gasteiger partial charge in [-0.1, -0.05) is 55.5 Å². The first-order chi connectivity index (χ1) is 16.1. The van der Waals surface area contributed by atoms with Gasteiger partial charge in [-0.15, -0.1) is 0 Å². The highest BCUT2D eigenvalue weighted by atomic mass is 16.5. The number of hydrogen-bond donors (Lipinski definition) is 2. The van der Waals surface area contributed by atoms with Gasteiger partial charge in [-0.3, -0.25) is 9.59 Å². The Labute approximate surface area is 193 Å². The van der Waals surface area contributed by atoms with Crippen LogP contribution in [0.1, 0.15) is 30.5 Å². The van der Waals surface area contributed by atoms with Crippen molar-refractivity contribution in [3.63, 3.8) is 0 Å². The van der Waals surface area contributed by atoms with E-state index in [0.717, 1.165) is 17.5 Å². The predicted octanol–water partition coefficient (Wildman–Crippen LogP) is 4.32. The molecule has 0 aromatic heterocycles. The Balaban J connectivity index is 1.59. The first-order valence-electron chi connectivity index (χ1n) is 10.8. The number of aryl methyl sites for hydroxylation is 1. The minimum absolute atomic E-state index is 0.417. The number of nitrogens with zero attached hydrogens (tertiary/aromatic N) is 1. The molecular formula is C26H27N3O4. The van der Waals surface area contributed by atoms with Crippen LogP contribution >= 0.6 is 0 Å². The summed E-state index contributed by atoms with van der Waals surface area (Å²) in [5.74, 6) is -0.466. The van der Waals surface area contributed by atoms with Crippen molar-refractivity contribution in [2.24, 2.45) is 5.10 Å². The largest absolute Gasteiger partial charge is 0.490 e. The predicted molar refractivity (Wildman–Crippen MR) is 129 cm³/mol. The number of ether oxygens (including phenoxy) is 2. The van der Waals surface area contributed by atoms with E-state index in [1.807, 2.05) is 56.3 Å². The quantitative estimate of drug-likeness (QED) is 0.292. The van der Waals surface area contributed by atoms with Crippen molar-refractivity contribution < 1.29 is 19.1 Å². The van der Waals surface area contributed by atoms with Gasteiger partial charge >= 0.3 is 11.8 Å². The summed E-state index contributed by atoms with van der Waals surface area (Å²) in [7, 11) is 0. The molecule has 0 aliphatic rings.